The maximum Gasteiger partial charge on any atom is 0.293 e. The summed E-state index contributed by atoms with van der Waals surface area (Å²) in [5.74, 6) is -1.60. The van der Waals surface area contributed by atoms with Gasteiger partial charge in [0.15, 0.2) is 17.7 Å². The van der Waals surface area contributed by atoms with Gasteiger partial charge in [0.25, 0.3) is 22.1 Å². The summed E-state index contributed by atoms with van der Waals surface area (Å²) in [5.41, 5.74) is 5.59. The van der Waals surface area contributed by atoms with Gasteiger partial charge in [-0.05, 0) is 69.9 Å². The van der Waals surface area contributed by atoms with Crippen molar-refractivity contribution in [1.29, 1.82) is 0 Å². The molecule has 29 heteroatoms. The van der Waals surface area contributed by atoms with Crippen molar-refractivity contribution in [2.75, 3.05) is 32.0 Å². The van der Waals surface area contributed by atoms with Gasteiger partial charge in [-0.3, -0.25) is 32.9 Å². The highest BCUT2D eigenvalue weighted by Gasteiger charge is 2.47. The quantitative estimate of drug-likeness (QED) is 0.0323. The van der Waals surface area contributed by atoms with Crippen LogP contribution in [0.3, 0.4) is 0 Å². The summed E-state index contributed by atoms with van der Waals surface area (Å²) in [5, 5.41) is 26.5. The van der Waals surface area contributed by atoms with Gasteiger partial charge in [-0.2, -0.15) is 0 Å². The molecule has 0 bridgehead atoms. The van der Waals surface area contributed by atoms with Crippen LogP contribution in [0.15, 0.2) is 36.9 Å². The molecule has 4 rings (SSSR count). The Kier molecular flexibility index (Phi) is 23.0. The predicted octanol–water partition coefficient (Wildman–Crippen LogP) is 1.72. The van der Waals surface area contributed by atoms with Crippen LogP contribution in [-0.2, 0) is 73.1 Å². The topological polar surface area (TPSA) is 401 Å². The van der Waals surface area contributed by atoms with Gasteiger partial charge in [0.2, 0.25) is 11.8 Å². The number of phosphoric ester groups is 3. The number of carbonyl (C=O) groups excluding carboxylic acids is 4. The first-order valence-corrected chi connectivity index (χ1v) is 28.4. The summed E-state index contributed by atoms with van der Waals surface area (Å²) in [6, 6.07) is 8.61. The van der Waals surface area contributed by atoms with Crippen molar-refractivity contribution in [3.63, 3.8) is 0 Å². The van der Waals surface area contributed by atoms with E-state index < -0.39 is 95.6 Å². The fourth-order valence-electron chi connectivity index (χ4n) is 7.97. The molecule has 2 aromatic heterocycles. The zero-order chi connectivity index (χ0) is 55.1. The number of nitrogens with one attached hydrogen (secondary N) is 2. The third kappa shape index (κ3) is 20.1. The number of amides is 2. The zero-order valence-corrected chi connectivity index (χ0v) is 45.0. The van der Waals surface area contributed by atoms with E-state index in [1.807, 2.05) is 27.7 Å². The lowest BCUT2D eigenvalue weighted by Crippen LogP contribution is -2.46. The number of ketones is 1. The minimum Gasteiger partial charge on any atom is -0.790 e. The van der Waals surface area contributed by atoms with Crippen LogP contribution in [0, 0.1) is 10.8 Å². The molecule has 6 N–H and O–H groups in total. The molecule has 0 saturated carbocycles. The SMILES string of the molecule is CC(C)(CCCCc1cccc(CCCCCCC(C)(C)C(=O)CCNC(=O)CCNC(=O)C(O)C(C)(C)COP(=O)([O-])OP(=O)([O-])OCC2OC(n3cnc4c(N)ncnc43)C(O)C2OP(=O)([O-])[O-])c1)OC=O. The first kappa shape index (κ1) is 62.4. The molecule has 74 heavy (non-hydrogen) atoms. The van der Waals surface area contributed by atoms with E-state index in [2.05, 4.69) is 67.7 Å². The highest BCUT2D eigenvalue weighted by Crippen LogP contribution is 2.56. The van der Waals surface area contributed by atoms with Gasteiger partial charge in [-0.1, -0.05) is 71.2 Å². The van der Waals surface area contributed by atoms with E-state index in [1.54, 1.807) is 0 Å². The van der Waals surface area contributed by atoms with Crippen LogP contribution >= 0.6 is 23.5 Å². The Bertz CT molecular complexity index is 2510. The number of aromatic nitrogens is 4. The number of hydrogen-bond donors (Lipinski definition) is 5. The van der Waals surface area contributed by atoms with Crippen molar-refractivity contribution in [3.8, 4) is 0 Å². The van der Waals surface area contributed by atoms with Crippen LogP contribution in [-0.4, -0.2) is 110 Å². The molecule has 1 aromatic carbocycles. The monoisotopic (exact) mass is 1100 g/mol. The van der Waals surface area contributed by atoms with Crippen molar-refractivity contribution in [1.82, 2.24) is 30.2 Å². The first-order chi connectivity index (χ1) is 34.4. The van der Waals surface area contributed by atoms with E-state index in [1.165, 1.54) is 25.0 Å². The number of nitrogen functional groups attached to an aromatic ring is 1. The van der Waals surface area contributed by atoms with Crippen LogP contribution < -0.4 is 35.9 Å². The molecule has 3 heterocycles. The number of aliphatic hydroxyl groups is 2. The standard InChI is InChI=1S/C45H72N7O19P3/c1-43(2,20-11-8-7-9-14-30-16-13-17-31(24-30)15-10-12-21-45(5,6)66-29-53)33(54)18-22-47-34(55)19-23-48-41(58)38(57)44(3,4)26-68-74(64,65)71-73(62,63)67-25-32-37(70-72(59,60)61)36(56)42(69-32)52-28-51-35-39(46)49-27-50-40(35)52/h13,16-17,24,27-29,32,36-38,42,56-57H,7-12,14-15,18-23,25-26H2,1-6H3,(H,47,55)(H,48,58)(H,62,63)(H,64,65)(H2,46,49,50)(H2,59,60,61)/p-4. The van der Waals surface area contributed by atoms with Gasteiger partial charge in [0.05, 0.1) is 27.4 Å². The molecule has 26 nitrogen and oxygen atoms in total. The number of phosphoric acid groups is 3. The molecule has 0 radical (unpaired) electrons. The van der Waals surface area contributed by atoms with E-state index in [0.29, 0.717) is 12.9 Å². The van der Waals surface area contributed by atoms with Gasteiger partial charge in [-0.15, -0.1) is 0 Å². The highest BCUT2D eigenvalue weighted by atomic mass is 31.3. The van der Waals surface area contributed by atoms with Gasteiger partial charge in [0, 0.05) is 36.8 Å². The highest BCUT2D eigenvalue weighted by molar-refractivity contribution is 7.59. The van der Waals surface area contributed by atoms with Crippen molar-refractivity contribution in [3.05, 3.63) is 48.0 Å². The molecular formula is C45H68N7O19P3-4. The zero-order valence-electron chi connectivity index (χ0n) is 42.3. The average molecular weight is 1100 g/mol. The maximum absolute atomic E-state index is 13.0. The van der Waals surface area contributed by atoms with E-state index >= 15 is 0 Å². The van der Waals surface area contributed by atoms with Gasteiger partial charge >= 0.3 is 0 Å². The number of nitrogens with zero attached hydrogens (tertiary/aromatic N) is 4. The molecule has 1 saturated heterocycles. The lowest BCUT2D eigenvalue weighted by Gasteiger charge is -2.36. The normalized spacial score (nSPS) is 19.6. The molecule has 1 fully saturated rings. The summed E-state index contributed by atoms with van der Waals surface area (Å²) >= 11 is 0. The van der Waals surface area contributed by atoms with E-state index in [-0.39, 0.29) is 48.7 Å². The molecule has 2 amide bonds. The number of imidazole rings is 1. The molecular weight excluding hydrogens is 1040 g/mol. The Morgan fingerprint density at radius 3 is 2.16 bits per heavy atom. The number of hydrogen-bond acceptors (Lipinski definition) is 23. The molecule has 7 unspecified atom stereocenters. The van der Waals surface area contributed by atoms with Crippen LogP contribution in [0.1, 0.15) is 123 Å². The fourth-order valence-corrected chi connectivity index (χ4v) is 10.7. The minimum absolute atomic E-state index is 0.00822. The lowest BCUT2D eigenvalue weighted by molar-refractivity contribution is -0.347. The number of aliphatic hydroxyl groups excluding tert-OH is 2. The first-order valence-electron chi connectivity index (χ1n) is 24.0. The summed E-state index contributed by atoms with van der Waals surface area (Å²) in [7, 11) is -17.7. The number of fused-ring (bicyclic) bond motifs is 1. The van der Waals surface area contributed by atoms with Crippen molar-refractivity contribution in [2.24, 2.45) is 10.8 Å². The lowest BCUT2D eigenvalue weighted by atomic mass is 9.81. The number of ether oxygens (including phenoxy) is 2. The Hall–Kier alpha value is -4.10. The smallest absolute Gasteiger partial charge is 0.293 e. The third-order valence-electron chi connectivity index (χ3n) is 12.4. The van der Waals surface area contributed by atoms with E-state index in [9.17, 15) is 62.7 Å². The molecule has 416 valence electrons. The molecule has 0 spiro atoms. The van der Waals surface area contributed by atoms with E-state index in [0.717, 1.165) is 75.0 Å². The fraction of sp³-hybridized carbons (Fsp3) is 0.667. The average Bonchev–Trinajstić information content (AvgIpc) is 3.87. The Labute approximate surface area is 429 Å². The van der Waals surface area contributed by atoms with Gasteiger partial charge < -0.3 is 73.8 Å². The van der Waals surface area contributed by atoms with Crippen LogP contribution in [0.25, 0.3) is 11.2 Å². The number of Topliss-reactive ketones (excluding diaryl/α,β-unsaturated/α-hetero) is 1. The number of unbranched alkanes of at least 4 members (excludes halogenated alkanes) is 4. The Morgan fingerprint density at radius 1 is 0.878 bits per heavy atom. The molecule has 1 aliphatic rings. The summed E-state index contributed by atoms with van der Waals surface area (Å²) in [6.07, 6.45) is 1.70. The Morgan fingerprint density at radius 2 is 1.50 bits per heavy atom. The van der Waals surface area contributed by atoms with Crippen LogP contribution in [0.2, 0.25) is 0 Å². The summed E-state index contributed by atoms with van der Waals surface area (Å²) in [4.78, 5) is 109. The number of carbonyl (C=O) groups is 4. The van der Waals surface area contributed by atoms with E-state index in [4.69, 9.17) is 15.2 Å². The maximum atomic E-state index is 13.0. The number of benzene rings is 1. The number of anilines is 1. The second-order valence-corrected chi connectivity index (χ2v) is 24.0. The third-order valence-corrected chi connectivity index (χ3v) is 15.4. The van der Waals surface area contributed by atoms with Crippen molar-refractivity contribution < 1.29 is 90.0 Å². The van der Waals surface area contributed by atoms with Crippen molar-refractivity contribution >= 4 is 64.5 Å². The van der Waals surface area contributed by atoms with Gasteiger partial charge in [-0.25, -0.2) is 19.3 Å². The second kappa shape index (κ2) is 27.3. The molecule has 0 aliphatic carbocycles. The van der Waals surface area contributed by atoms with Gasteiger partial charge in [0.1, 0.15) is 47.6 Å². The number of nitrogens with two attached hydrogens (primary N) is 1. The minimum atomic E-state index is -5.94. The summed E-state index contributed by atoms with van der Waals surface area (Å²) < 4.78 is 66.1. The molecule has 7 atom stereocenters. The second-order valence-electron chi connectivity index (χ2n) is 20.0. The molecule has 1 aliphatic heterocycles. The predicted molar refractivity (Wildman–Crippen MR) is 256 cm³/mol. The number of rotatable bonds is 34. The molecule has 3 aromatic rings. The van der Waals surface area contributed by atoms with Crippen LogP contribution in [0.4, 0.5) is 5.82 Å². The van der Waals surface area contributed by atoms with Crippen LogP contribution in [0.5, 0.6) is 0 Å². The van der Waals surface area contributed by atoms with Crippen molar-refractivity contribution in [2.45, 2.75) is 155 Å². The largest absolute Gasteiger partial charge is 0.790 e. The number of aryl methyl sites for hydroxylation is 2. The Balaban J connectivity index is 1.11. The summed E-state index contributed by atoms with van der Waals surface area (Å²) in [6.45, 7) is 8.01.